The van der Waals surface area contributed by atoms with Crippen molar-refractivity contribution >= 4 is 21.6 Å². The van der Waals surface area contributed by atoms with Crippen molar-refractivity contribution in [3.8, 4) is 5.88 Å². The summed E-state index contributed by atoms with van der Waals surface area (Å²) in [6.45, 7) is 5.36. The molecule has 8 nitrogen and oxygen atoms in total. The van der Waals surface area contributed by atoms with Crippen LogP contribution in [0.15, 0.2) is 21.5 Å². The number of urea groups is 1. The molecule has 2 heterocycles. The van der Waals surface area contributed by atoms with Crippen LogP contribution in [0.5, 0.6) is 5.88 Å². The molecule has 0 radical (unpaired) electrons. The minimum Gasteiger partial charge on any atom is -0.477 e. The summed E-state index contributed by atoms with van der Waals surface area (Å²) in [4.78, 5) is 13.0. The largest absolute Gasteiger partial charge is 0.477 e. The fourth-order valence-corrected chi connectivity index (χ4v) is 5.96. The first kappa shape index (κ1) is 19.6. The van der Waals surface area contributed by atoms with E-state index < -0.39 is 15.9 Å². The lowest BCUT2D eigenvalue weighted by atomic mass is 9.95. The van der Waals surface area contributed by atoms with Crippen molar-refractivity contribution in [1.29, 1.82) is 0 Å². The number of fused-ring (bicyclic) bond motifs is 3. The van der Waals surface area contributed by atoms with E-state index in [4.69, 9.17) is 9.88 Å². The Hall–Kier alpha value is -2.39. The number of carbonyl (C=O) groups excluding carboxylic acids is 1. The number of nitrogens with zero attached hydrogens (tertiary/aromatic N) is 3. The minimum absolute atomic E-state index is 0.168. The van der Waals surface area contributed by atoms with Crippen molar-refractivity contribution in [3.63, 3.8) is 0 Å². The second-order valence-corrected chi connectivity index (χ2v) is 10.5. The van der Waals surface area contributed by atoms with Crippen LogP contribution < -0.4 is 15.2 Å². The number of anilines is 1. The van der Waals surface area contributed by atoms with Crippen LogP contribution in [0.2, 0.25) is 0 Å². The van der Waals surface area contributed by atoms with Crippen LogP contribution in [0.4, 0.5) is 10.5 Å². The van der Waals surface area contributed by atoms with Crippen molar-refractivity contribution < 1.29 is 13.7 Å². The summed E-state index contributed by atoms with van der Waals surface area (Å²) < 4.78 is 24.3. The summed E-state index contributed by atoms with van der Waals surface area (Å²) in [5, 5.41) is 13.2. The lowest BCUT2D eigenvalue weighted by molar-refractivity contribution is 0.171. The Balaban J connectivity index is 1.49. The molecule has 3 aliphatic rings. The van der Waals surface area contributed by atoms with Gasteiger partial charge in [-0.3, -0.25) is 0 Å². The maximum absolute atomic E-state index is 13.2. The van der Waals surface area contributed by atoms with E-state index in [1.54, 1.807) is 4.68 Å². The molecule has 2 amide bonds. The Labute approximate surface area is 176 Å². The Bertz CT molecular complexity index is 1160. The van der Waals surface area contributed by atoms with E-state index in [-0.39, 0.29) is 4.90 Å². The zero-order chi connectivity index (χ0) is 21.0. The zero-order valence-electron chi connectivity index (χ0n) is 17.3. The quantitative estimate of drug-likeness (QED) is 0.762. The number of hydrogen-bond donors (Lipinski definition) is 2. The van der Waals surface area contributed by atoms with Gasteiger partial charge in [0.2, 0.25) is 5.88 Å². The van der Waals surface area contributed by atoms with Crippen molar-refractivity contribution in [1.82, 2.24) is 9.78 Å². The van der Waals surface area contributed by atoms with Gasteiger partial charge in [-0.1, -0.05) is 19.9 Å². The van der Waals surface area contributed by atoms with E-state index in [0.29, 0.717) is 30.9 Å². The van der Waals surface area contributed by atoms with E-state index in [1.165, 1.54) is 28.5 Å². The molecule has 1 aliphatic heterocycles. The van der Waals surface area contributed by atoms with Crippen LogP contribution in [0.3, 0.4) is 0 Å². The van der Waals surface area contributed by atoms with Gasteiger partial charge in [-0.25, -0.2) is 18.8 Å². The number of nitrogens with one attached hydrogen (secondary N) is 1. The Morgan fingerprint density at radius 3 is 3.00 bits per heavy atom. The molecule has 2 aromatic rings. The van der Waals surface area contributed by atoms with Crippen LogP contribution >= 0.6 is 0 Å². The molecule has 160 valence electrons. The van der Waals surface area contributed by atoms with Crippen molar-refractivity contribution in [2.24, 2.45) is 15.4 Å². The maximum atomic E-state index is 13.2. The van der Waals surface area contributed by atoms with Crippen molar-refractivity contribution in [2.45, 2.75) is 63.3 Å². The highest BCUT2D eigenvalue weighted by Gasteiger charge is 2.30. The first-order chi connectivity index (χ1) is 14.3. The number of ether oxygens (including phenoxy) is 1. The number of carbonyl (C=O) groups is 1. The van der Waals surface area contributed by atoms with Gasteiger partial charge in [-0.05, 0) is 60.3 Å². The highest BCUT2D eigenvalue weighted by molar-refractivity contribution is 7.91. The average Bonchev–Trinajstić information content (AvgIpc) is 3.39. The fraction of sp³-hybridized carbons (Fsp3) is 0.524. The molecule has 30 heavy (non-hydrogen) atoms. The van der Waals surface area contributed by atoms with Gasteiger partial charge in [0.1, 0.15) is 4.90 Å². The normalized spacial score (nSPS) is 23.7. The Morgan fingerprint density at radius 2 is 2.17 bits per heavy atom. The zero-order valence-corrected chi connectivity index (χ0v) is 18.1. The van der Waals surface area contributed by atoms with Gasteiger partial charge in [0, 0.05) is 11.6 Å². The summed E-state index contributed by atoms with van der Waals surface area (Å²) in [7, 11) is -3.48. The number of nitrogens with two attached hydrogens (primary N) is 1. The number of amides is 2. The molecule has 0 bridgehead atoms. The number of rotatable bonds is 2. The molecule has 3 N–H and O–H groups in total. The molecule has 3 atom stereocenters. The van der Waals surface area contributed by atoms with Crippen LogP contribution in [0.1, 0.15) is 54.9 Å². The van der Waals surface area contributed by atoms with Gasteiger partial charge in [-0.2, -0.15) is 5.10 Å². The van der Waals surface area contributed by atoms with Crippen LogP contribution in [-0.4, -0.2) is 26.6 Å². The maximum Gasteiger partial charge on any atom is 0.354 e. The van der Waals surface area contributed by atoms with E-state index >= 15 is 0 Å². The molecule has 0 fully saturated rings. The van der Waals surface area contributed by atoms with Gasteiger partial charge < -0.3 is 10.1 Å². The second-order valence-electron chi connectivity index (χ2n) is 8.76. The van der Waals surface area contributed by atoms with Gasteiger partial charge in [-0.15, -0.1) is 4.36 Å². The molecule has 5 rings (SSSR count). The molecular weight excluding hydrogens is 402 g/mol. The second kappa shape index (κ2) is 7.09. The first-order valence-electron chi connectivity index (χ1n) is 10.6. The molecule has 0 spiro atoms. The van der Waals surface area contributed by atoms with E-state index in [2.05, 4.69) is 27.8 Å². The third kappa shape index (κ3) is 3.20. The lowest BCUT2D eigenvalue weighted by Crippen LogP contribution is -2.25. The van der Waals surface area contributed by atoms with Gasteiger partial charge in [0.25, 0.3) is 0 Å². The fourth-order valence-electron chi connectivity index (χ4n) is 4.96. The van der Waals surface area contributed by atoms with E-state index in [1.807, 2.05) is 6.92 Å². The van der Waals surface area contributed by atoms with Crippen molar-refractivity contribution in [2.75, 3.05) is 11.9 Å². The molecule has 9 heteroatoms. The molecule has 0 unspecified atom stereocenters. The summed E-state index contributed by atoms with van der Waals surface area (Å²) in [5.74, 6) is 1.01. The topological polar surface area (TPSA) is 112 Å². The van der Waals surface area contributed by atoms with E-state index in [9.17, 15) is 9.00 Å². The van der Waals surface area contributed by atoms with Crippen LogP contribution in [-0.2, 0) is 35.7 Å². The Kier molecular flexibility index (Phi) is 4.62. The Morgan fingerprint density at radius 1 is 1.33 bits per heavy atom. The molecular formula is C21H27N5O3S. The summed E-state index contributed by atoms with van der Waals surface area (Å²) >= 11 is 0. The van der Waals surface area contributed by atoms with Crippen LogP contribution in [0, 0.1) is 5.92 Å². The molecule has 1 aromatic heterocycles. The molecule has 1 aromatic carbocycles. The third-order valence-corrected chi connectivity index (χ3v) is 7.73. The third-order valence-electron chi connectivity index (χ3n) is 6.38. The number of aryl methyl sites for hydroxylation is 2. The standard InChI is InChI=1S/C21H27N5O3S/c1-12-10-26-20(29-11-12)17(9-23-26)30(22,28)25-21(27)24-19-16-5-3-4-14(16)8-15-7-6-13(2)18(15)19/h8-9,12-13H,3-7,10-11H2,1-2H3,(H3,22,24,25,27,28)/t12-,13-,30-/m0/s1. The highest BCUT2D eigenvalue weighted by Crippen LogP contribution is 2.44. The summed E-state index contributed by atoms with van der Waals surface area (Å²) in [6, 6.07) is 1.62. The average molecular weight is 430 g/mol. The monoisotopic (exact) mass is 429 g/mol. The molecule has 2 aliphatic carbocycles. The van der Waals surface area contributed by atoms with Gasteiger partial charge in [0.15, 0.2) is 9.92 Å². The number of aromatic nitrogens is 2. The van der Waals surface area contributed by atoms with Gasteiger partial charge in [0.05, 0.1) is 19.3 Å². The predicted molar refractivity (Wildman–Crippen MR) is 114 cm³/mol. The van der Waals surface area contributed by atoms with Crippen molar-refractivity contribution in [3.05, 3.63) is 34.5 Å². The smallest absolute Gasteiger partial charge is 0.354 e. The van der Waals surface area contributed by atoms with E-state index in [0.717, 1.165) is 37.8 Å². The SMILES string of the molecule is C[C@@H]1COc2c([S@@](N)(=O)=NC(=O)Nc3c4c(cc5c3[C@@H](C)CC5)CCC4)cnn2C1. The van der Waals surface area contributed by atoms with Crippen LogP contribution in [0.25, 0.3) is 0 Å². The summed E-state index contributed by atoms with van der Waals surface area (Å²) in [5.41, 5.74) is 5.86. The highest BCUT2D eigenvalue weighted by atomic mass is 32.2. The molecule has 0 saturated heterocycles. The minimum atomic E-state index is -3.48. The number of benzene rings is 1. The first-order valence-corrected chi connectivity index (χ1v) is 12.1. The summed E-state index contributed by atoms with van der Waals surface area (Å²) in [6.07, 6.45) is 6.54. The van der Waals surface area contributed by atoms with Gasteiger partial charge >= 0.3 is 6.03 Å². The number of hydrogen-bond acceptors (Lipinski definition) is 4. The molecule has 0 saturated carbocycles. The lowest BCUT2D eigenvalue weighted by Gasteiger charge is -2.21. The predicted octanol–water partition coefficient (Wildman–Crippen LogP) is 3.38.